The van der Waals surface area contributed by atoms with Crippen molar-refractivity contribution in [3.05, 3.63) is 47.9 Å². The minimum atomic E-state index is -0.616. The lowest BCUT2D eigenvalue weighted by Gasteiger charge is -2.37. The predicted molar refractivity (Wildman–Crippen MR) is 149 cm³/mol. The van der Waals surface area contributed by atoms with E-state index in [-0.39, 0.29) is 5.92 Å². The number of anilines is 1. The molecule has 0 unspecified atom stereocenters. The van der Waals surface area contributed by atoms with E-state index in [1.165, 1.54) is 0 Å². The van der Waals surface area contributed by atoms with Crippen LogP contribution in [-0.4, -0.2) is 79.1 Å². The summed E-state index contributed by atoms with van der Waals surface area (Å²) in [5, 5.41) is 15.5. The highest BCUT2D eigenvalue weighted by Crippen LogP contribution is 2.30. The maximum absolute atomic E-state index is 10.4. The third-order valence-corrected chi connectivity index (χ3v) is 8.09. The van der Waals surface area contributed by atoms with Crippen molar-refractivity contribution in [2.24, 2.45) is 5.92 Å². The Hall–Kier alpha value is -3.01. The molecule has 9 heteroatoms. The molecule has 0 aliphatic carbocycles. The molecule has 6 rings (SSSR count). The zero-order valence-electron chi connectivity index (χ0n) is 23.0. The summed E-state index contributed by atoms with van der Waals surface area (Å²) in [4.78, 5) is 14.9. The number of hydrogen-bond donors (Lipinski definition) is 1. The van der Waals surface area contributed by atoms with Crippen molar-refractivity contribution in [2.45, 2.75) is 58.6 Å². The lowest BCUT2D eigenvalue weighted by Crippen LogP contribution is -2.41. The first-order valence-corrected chi connectivity index (χ1v) is 13.9. The van der Waals surface area contributed by atoms with E-state index in [1.807, 2.05) is 24.4 Å². The Balaban J connectivity index is 1.39. The number of morpholine rings is 1. The summed E-state index contributed by atoms with van der Waals surface area (Å²) in [6.07, 6.45) is 2.01. The van der Waals surface area contributed by atoms with Gasteiger partial charge in [-0.15, -0.1) is 0 Å². The summed E-state index contributed by atoms with van der Waals surface area (Å²) >= 11 is 0. The summed E-state index contributed by atoms with van der Waals surface area (Å²) in [5.74, 6) is 3.50. The van der Waals surface area contributed by atoms with E-state index in [0.29, 0.717) is 19.1 Å². The number of rotatable bonds is 6. The van der Waals surface area contributed by atoms with Gasteiger partial charge in [-0.25, -0.2) is 9.97 Å². The smallest absolute Gasteiger partial charge is 0.160 e. The molecule has 1 N–H and O–H groups in total. The quantitative estimate of drug-likeness (QED) is 0.414. The van der Waals surface area contributed by atoms with Gasteiger partial charge in [0.15, 0.2) is 5.65 Å². The van der Waals surface area contributed by atoms with E-state index in [0.717, 1.165) is 85.4 Å². The molecule has 0 bridgehead atoms. The summed E-state index contributed by atoms with van der Waals surface area (Å²) in [5.41, 5.74) is 3.29. The molecule has 0 radical (unpaired) electrons. The highest BCUT2D eigenvalue weighted by molar-refractivity contribution is 5.78. The van der Waals surface area contributed by atoms with Gasteiger partial charge >= 0.3 is 0 Å². The fraction of sp³-hybridized carbons (Fsp3) is 0.552. The lowest BCUT2D eigenvalue weighted by atomic mass is 9.83. The second-order valence-electron chi connectivity index (χ2n) is 11.6. The molecule has 0 spiro atoms. The maximum Gasteiger partial charge on any atom is 0.160 e. The minimum Gasteiger partial charge on any atom is -0.390 e. The summed E-state index contributed by atoms with van der Waals surface area (Å²) < 4.78 is 9.86. The van der Waals surface area contributed by atoms with Crippen LogP contribution in [0.15, 0.2) is 36.4 Å². The van der Waals surface area contributed by atoms with Gasteiger partial charge < -0.3 is 14.7 Å². The Morgan fingerprint density at radius 2 is 1.76 bits per heavy atom. The summed E-state index contributed by atoms with van der Waals surface area (Å²) in [7, 11) is 0. The maximum atomic E-state index is 10.4. The molecule has 0 atom stereocenters. The average molecular weight is 518 g/mol. The van der Waals surface area contributed by atoms with Crippen molar-refractivity contribution >= 4 is 22.5 Å². The number of piperidine rings is 1. The number of likely N-dealkylation sites (tertiary alicyclic amines) is 1. The lowest BCUT2D eigenvalue weighted by molar-refractivity contribution is -0.0137. The SMILES string of the molecule is CC(C)c1nc2ccccc2n1-c1cc(N2CCOCC2)n2nc(CN3CCC(C(C)(C)O)CC3)cc2n1. The van der Waals surface area contributed by atoms with Gasteiger partial charge in [-0.3, -0.25) is 9.47 Å². The van der Waals surface area contributed by atoms with E-state index in [4.69, 9.17) is 19.8 Å². The largest absolute Gasteiger partial charge is 0.390 e. The van der Waals surface area contributed by atoms with Gasteiger partial charge in [-0.05, 0) is 57.8 Å². The van der Waals surface area contributed by atoms with Crippen molar-refractivity contribution in [3.63, 3.8) is 0 Å². The number of aliphatic hydroxyl groups is 1. The molecule has 2 fully saturated rings. The van der Waals surface area contributed by atoms with Crippen molar-refractivity contribution in [1.82, 2.24) is 29.0 Å². The molecule has 202 valence electrons. The predicted octanol–water partition coefficient (Wildman–Crippen LogP) is 4.01. The van der Waals surface area contributed by atoms with Crippen LogP contribution in [0.3, 0.4) is 0 Å². The molecule has 2 aliphatic heterocycles. The van der Waals surface area contributed by atoms with E-state index in [1.54, 1.807) is 0 Å². The first-order valence-electron chi connectivity index (χ1n) is 13.9. The van der Waals surface area contributed by atoms with E-state index in [2.05, 4.69) is 58.5 Å². The number of para-hydroxylation sites is 2. The molecule has 0 saturated carbocycles. The monoisotopic (exact) mass is 517 g/mol. The Kier molecular flexibility index (Phi) is 6.62. The van der Waals surface area contributed by atoms with E-state index in [9.17, 15) is 5.11 Å². The van der Waals surface area contributed by atoms with E-state index >= 15 is 0 Å². The van der Waals surface area contributed by atoms with E-state index < -0.39 is 5.60 Å². The highest BCUT2D eigenvalue weighted by Gasteiger charge is 2.31. The first-order chi connectivity index (χ1) is 18.3. The summed E-state index contributed by atoms with van der Waals surface area (Å²) in [6.45, 7) is 14.0. The van der Waals surface area contributed by atoms with Gasteiger partial charge in [0.1, 0.15) is 17.5 Å². The molecule has 5 heterocycles. The van der Waals surface area contributed by atoms with Crippen LogP contribution in [0.5, 0.6) is 0 Å². The second-order valence-corrected chi connectivity index (χ2v) is 11.6. The first kappa shape index (κ1) is 25.3. The van der Waals surface area contributed by atoms with Crippen LogP contribution in [0.2, 0.25) is 0 Å². The van der Waals surface area contributed by atoms with Crippen molar-refractivity contribution in [1.29, 1.82) is 0 Å². The third kappa shape index (κ3) is 4.79. The molecule has 2 aliphatic rings. The number of fused-ring (bicyclic) bond motifs is 2. The van der Waals surface area contributed by atoms with Gasteiger partial charge in [0.25, 0.3) is 0 Å². The number of nitrogens with zero attached hydrogens (tertiary/aromatic N) is 7. The number of aromatic nitrogens is 5. The van der Waals surface area contributed by atoms with Crippen molar-refractivity contribution in [2.75, 3.05) is 44.3 Å². The molecule has 9 nitrogen and oxygen atoms in total. The van der Waals surface area contributed by atoms with Crippen molar-refractivity contribution in [3.8, 4) is 5.82 Å². The molecule has 4 aromatic rings. The topological polar surface area (TPSA) is 84.0 Å². The Labute approximate surface area is 224 Å². The number of hydrogen-bond acceptors (Lipinski definition) is 7. The number of imidazole rings is 1. The molecule has 3 aromatic heterocycles. The van der Waals surface area contributed by atoms with Gasteiger partial charge in [0.05, 0.1) is 35.5 Å². The van der Waals surface area contributed by atoms with Crippen LogP contribution < -0.4 is 4.90 Å². The van der Waals surface area contributed by atoms with Gasteiger partial charge in [0.2, 0.25) is 0 Å². The zero-order valence-corrected chi connectivity index (χ0v) is 23.0. The Bertz CT molecular complexity index is 1420. The van der Waals surface area contributed by atoms with Crippen LogP contribution in [0, 0.1) is 5.92 Å². The van der Waals surface area contributed by atoms with Crippen LogP contribution in [-0.2, 0) is 11.3 Å². The van der Waals surface area contributed by atoms with Gasteiger partial charge in [0, 0.05) is 37.7 Å². The standard InChI is InChI=1S/C29H39N7O2/c1-20(2)28-30-23-7-5-6-8-24(23)35(28)25-18-27(34-13-15-38-16-14-34)36-26(31-25)17-22(32-36)19-33-11-9-21(10-12-33)29(3,4)37/h5-8,17-18,20-21,37H,9-16,19H2,1-4H3. The fourth-order valence-corrected chi connectivity index (χ4v) is 5.90. The highest BCUT2D eigenvalue weighted by atomic mass is 16.5. The molecule has 38 heavy (non-hydrogen) atoms. The second kappa shape index (κ2) is 9.94. The third-order valence-electron chi connectivity index (χ3n) is 8.09. The number of benzene rings is 1. The summed E-state index contributed by atoms with van der Waals surface area (Å²) in [6, 6.07) is 12.6. The van der Waals surface area contributed by atoms with Crippen LogP contribution in [0.1, 0.15) is 58.0 Å². The molecular formula is C29H39N7O2. The van der Waals surface area contributed by atoms with Crippen molar-refractivity contribution < 1.29 is 9.84 Å². The van der Waals surface area contributed by atoms with Crippen LogP contribution >= 0.6 is 0 Å². The molecule has 0 amide bonds. The van der Waals surface area contributed by atoms with Crippen LogP contribution in [0.25, 0.3) is 22.5 Å². The Morgan fingerprint density at radius 1 is 1.03 bits per heavy atom. The zero-order chi connectivity index (χ0) is 26.4. The number of ether oxygens (including phenoxy) is 1. The van der Waals surface area contributed by atoms with Gasteiger partial charge in [-0.1, -0.05) is 26.0 Å². The fourth-order valence-electron chi connectivity index (χ4n) is 5.90. The average Bonchev–Trinajstić information content (AvgIpc) is 3.49. The molecule has 2 saturated heterocycles. The molecule has 1 aromatic carbocycles. The molecular weight excluding hydrogens is 478 g/mol. The van der Waals surface area contributed by atoms with Gasteiger partial charge in [-0.2, -0.15) is 9.61 Å². The van der Waals surface area contributed by atoms with Crippen LogP contribution in [0.4, 0.5) is 5.82 Å². The Morgan fingerprint density at radius 3 is 2.47 bits per heavy atom. The normalized spacial score (nSPS) is 18.3. The minimum absolute atomic E-state index is 0.250.